The Bertz CT molecular complexity index is 961. The summed E-state index contributed by atoms with van der Waals surface area (Å²) in [4.78, 5) is 23.7. The van der Waals surface area contributed by atoms with Gasteiger partial charge in [-0.15, -0.1) is 0 Å². The highest BCUT2D eigenvalue weighted by Crippen LogP contribution is 2.28. The van der Waals surface area contributed by atoms with Crippen molar-refractivity contribution in [2.45, 2.75) is 25.2 Å². The van der Waals surface area contributed by atoms with E-state index in [0.29, 0.717) is 18.0 Å². The lowest BCUT2D eigenvalue weighted by Crippen LogP contribution is -2.40. The first-order valence-corrected chi connectivity index (χ1v) is 9.96. The Kier molecular flexibility index (Phi) is 5.68. The van der Waals surface area contributed by atoms with Crippen LogP contribution in [0.3, 0.4) is 0 Å². The van der Waals surface area contributed by atoms with Crippen molar-refractivity contribution < 1.29 is 4.79 Å². The molecule has 1 amide bonds. The Labute approximate surface area is 170 Å². The second-order valence-electron chi connectivity index (χ2n) is 7.17. The predicted molar refractivity (Wildman–Crippen MR) is 111 cm³/mol. The molecule has 0 saturated carbocycles. The van der Waals surface area contributed by atoms with Gasteiger partial charge >= 0.3 is 0 Å². The molecule has 1 aliphatic heterocycles. The standard InChI is InChI=1S/C23H22ClN3O/c24-20-8-1-6-18(14-20)21-9-2-10-22(26-21)19-7-4-12-27(16-19)23(28)13-17-5-3-11-25-15-17/h1-3,5-6,8-11,14-15,19H,4,7,12-13,16H2. The minimum Gasteiger partial charge on any atom is -0.342 e. The lowest BCUT2D eigenvalue weighted by atomic mass is 9.93. The van der Waals surface area contributed by atoms with E-state index in [4.69, 9.17) is 16.6 Å². The summed E-state index contributed by atoms with van der Waals surface area (Å²) >= 11 is 6.13. The molecule has 2 aromatic heterocycles. The first-order valence-electron chi connectivity index (χ1n) is 9.58. The maximum Gasteiger partial charge on any atom is 0.227 e. The molecular weight excluding hydrogens is 370 g/mol. The lowest BCUT2D eigenvalue weighted by molar-refractivity contribution is -0.131. The van der Waals surface area contributed by atoms with Crippen LogP contribution < -0.4 is 0 Å². The highest BCUT2D eigenvalue weighted by molar-refractivity contribution is 6.30. The van der Waals surface area contributed by atoms with Gasteiger partial charge < -0.3 is 4.90 Å². The summed E-state index contributed by atoms with van der Waals surface area (Å²) in [7, 11) is 0. The third-order valence-electron chi connectivity index (χ3n) is 5.16. The van der Waals surface area contributed by atoms with E-state index in [0.717, 1.165) is 41.9 Å². The quantitative estimate of drug-likeness (QED) is 0.645. The molecule has 3 heterocycles. The summed E-state index contributed by atoms with van der Waals surface area (Å²) in [6.45, 7) is 1.52. The van der Waals surface area contributed by atoms with Crippen molar-refractivity contribution in [2.24, 2.45) is 0 Å². The largest absolute Gasteiger partial charge is 0.342 e. The number of pyridine rings is 2. The summed E-state index contributed by atoms with van der Waals surface area (Å²) in [5, 5.41) is 0.703. The average Bonchev–Trinajstić information content (AvgIpc) is 2.75. The van der Waals surface area contributed by atoms with Gasteiger partial charge in [0.2, 0.25) is 5.91 Å². The number of amides is 1. The van der Waals surface area contributed by atoms with E-state index in [9.17, 15) is 4.79 Å². The third-order valence-corrected chi connectivity index (χ3v) is 5.40. The Morgan fingerprint density at radius 3 is 2.86 bits per heavy atom. The van der Waals surface area contributed by atoms with E-state index in [2.05, 4.69) is 11.1 Å². The van der Waals surface area contributed by atoms with E-state index in [1.54, 1.807) is 12.4 Å². The zero-order chi connectivity index (χ0) is 19.3. The Balaban J connectivity index is 1.49. The van der Waals surface area contributed by atoms with Crippen LogP contribution in [0.1, 0.15) is 30.0 Å². The maximum atomic E-state index is 12.7. The molecule has 1 atom stereocenters. The number of aromatic nitrogens is 2. The van der Waals surface area contributed by atoms with Gasteiger partial charge in [-0.05, 0) is 48.7 Å². The molecule has 1 aliphatic rings. The van der Waals surface area contributed by atoms with Gasteiger partial charge in [0.1, 0.15) is 0 Å². The molecule has 0 spiro atoms. The van der Waals surface area contributed by atoms with Gasteiger partial charge in [-0.25, -0.2) is 0 Å². The number of hydrogen-bond acceptors (Lipinski definition) is 3. The van der Waals surface area contributed by atoms with Gasteiger partial charge in [-0.3, -0.25) is 14.8 Å². The van der Waals surface area contributed by atoms with Crippen LogP contribution in [0.25, 0.3) is 11.3 Å². The van der Waals surface area contributed by atoms with Crippen molar-refractivity contribution >= 4 is 17.5 Å². The van der Waals surface area contributed by atoms with Crippen molar-refractivity contribution in [2.75, 3.05) is 13.1 Å². The number of carbonyl (C=O) groups is 1. The monoisotopic (exact) mass is 391 g/mol. The Morgan fingerprint density at radius 2 is 2.04 bits per heavy atom. The summed E-state index contributed by atoms with van der Waals surface area (Å²) in [5.74, 6) is 0.412. The van der Waals surface area contributed by atoms with Crippen LogP contribution in [0.4, 0.5) is 0 Å². The topological polar surface area (TPSA) is 46.1 Å². The number of hydrogen-bond donors (Lipinski definition) is 0. The number of halogens is 1. The fraction of sp³-hybridized carbons (Fsp3) is 0.261. The smallest absolute Gasteiger partial charge is 0.227 e. The van der Waals surface area contributed by atoms with Crippen molar-refractivity contribution in [3.05, 3.63) is 83.3 Å². The van der Waals surface area contributed by atoms with Crippen LogP contribution in [0.5, 0.6) is 0 Å². The van der Waals surface area contributed by atoms with Gasteiger partial charge in [0.15, 0.2) is 0 Å². The SMILES string of the molecule is O=C(Cc1cccnc1)N1CCCC(c2cccc(-c3cccc(Cl)c3)n2)C1. The van der Waals surface area contributed by atoms with Crippen molar-refractivity contribution in [3.63, 3.8) is 0 Å². The van der Waals surface area contributed by atoms with E-state index < -0.39 is 0 Å². The average molecular weight is 392 g/mol. The molecule has 1 saturated heterocycles. The van der Waals surface area contributed by atoms with E-state index in [1.807, 2.05) is 53.4 Å². The molecule has 0 bridgehead atoms. The molecule has 4 nitrogen and oxygen atoms in total. The van der Waals surface area contributed by atoms with Gasteiger partial charge in [0.25, 0.3) is 0 Å². The van der Waals surface area contributed by atoms with Gasteiger partial charge in [-0.1, -0.05) is 35.9 Å². The number of carbonyl (C=O) groups excluding carboxylic acids is 1. The van der Waals surface area contributed by atoms with E-state index in [1.165, 1.54) is 0 Å². The second kappa shape index (κ2) is 8.53. The number of piperidine rings is 1. The van der Waals surface area contributed by atoms with Crippen molar-refractivity contribution in [3.8, 4) is 11.3 Å². The summed E-state index contributed by atoms with van der Waals surface area (Å²) < 4.78 is 0. The molecule has 0 radical (unpaired) electrons. The number of likely N-dealkylation sites (tertiary alicyclic amines) is 1. The van der Waals surface area contributed by atoms with Crippen LogP contribution in [-0.4, -0.2) is 33.9 Å². The van der Waals surface area contributed by atoms with E-state index >= 15 is 0 Å². The van der Waals surface area contributed by atoms with Crippen LogP contribution in [-0.2, 0) is 11.2 Å². The summed E-state index contributed by atoms with van der Waals surface area (Å²) in [6.07, 6.45) is 5.92. The molecule has 4 rings (SSSR count). The minimum absolute atomic E-state index is 0.156. The zero-order valence-corrected chi connectivity index (χ0v) is 16.3. The third kappa shape index (κ3) is 4.39. The highest BCUT2D eigenvalue weighted by atomic mass is 35.5. The first-order chi connectivity index (χ1) is 13.7. The Morgan fingerprint density at radius 1 is 1.14 bits per heavy atom. The lowest BCUT2D eigenvalue weighted by Gasteiger charge is -2.32. The maximum absolute atomic E-state index is 12.7. The molecule has 5 heteroatoms. The molecule has 3 aromatic rings. The molecule has 1 unspecified atom stereocenters. The molecule has 0 aliphatic carbocycles. The Hall–Kier alpha value is -2.72. The minimum atomic E-state index is 0.156. The van der Waals surface area contributed by atoms with Gasteiger partial charge in [0, 0.05) is 47.7 Å². The molecule has 1 fully saturated rings. The second-order valence-corrected chi connectivity index (χ2v) is 7.61. The van der Waals surface area contributed by atoms with Crippen LogP contribution in [0, 0.1) is 0 Å². The van der Waals surface area contributed by atoms with Crippen LogP contribution >= 0.6 is 11.6 Å². The number of nitrogens with zero attached hydrogens (tertiary/aromatic N) is 3. The van der Waals surface area contributed by atoms with Crippen molar-refractivity contribution in [1.82, 2.24) is 14.9 Å². The fourth-order valence-electron chi connectivity index (χ4n) is 3.72. The fourth-order valence-corrected chi connectivity index (χ4v) is 3.91. The molecule has 142 valence electrons. The molecular formula is C23H22ClN3O. The zero-order valence-electron chi connectivity index (χ0n) is 15.6. The van der Waals surface area contributed by atoms with Crippen LogP contribution in [0.2, 0.25) is 5.02 Å². The molecule has 0 N–H and O–H groups in total. The number of benzene rings is 1. The summed E-state index contributed by atoms with van der Waals surface area (Å²) in [5.41, 5.74) is 3.92. The van der Waals surface area contributed by atoms with Crippen molar-refractivity contribution in [1.29, 1.82) is 0 Å². The summed E-state index contributed by atoms with van der Waals surface area (Å²) in [6, 6.07) is 17.7. The highest BCUT2D eigenvalue weighted by Gasteiger charge is 2.25. The molecule has 1 aromatic carbocycles. The first kappa shape index (κ1) is 18.6. The van der Waals surface area contributed by atoms with Gasteiger partial charge in [0.05, 0.1) is 12.1 Å². The molecule has 28 heavy (non-hydrogen) atoms. The normalized spacial score (nSPS) is 16.8. The van der Waals surface area contributed by atoms with Crippen LogP contribution in [0.15, 0.2) is 67.0 Å². The van der Waals surface area contributed by atoms with E-state index in [-0.39, 0.29) is 11.8 Å². The number of rotatable bonds is 4. The predicted octanol–water partition coefficient (Wildman–Crippen LogP) is 4.75. The van der Waals surface area contributed by atoms with Gasteiger partial charge in [-0.2, -0.15) is 0 Å².